The number of nitrogens with zero attached hydrogens (tertiary/aromatic N) is 3. The molecule has 1 atom stereocenters. The first-order valence-corrected chi connectivity index (χ1v) is 9.78. The van der Waals surface area contributed by atoms with Crippen LogP contribution in [0.15, 0.2) is 18.2 Å². The van der Waals surface area contributed by atoms with E-state index in [2.05, 4.69) is 10.2 Å². The zero-order valence-electron chi connectivity index (χ0n) is 15.6. The summed E-state index contributed by atoms with van der Waals surface area (Å²) in [6, 6.07) is 4.53. The van der Waals surface area contributed by atoms with Crippen molar-refractivity contribution in [1.29, 1.82) is 0 Å². The van der Waals surface area contributed by atoms with Gasteiger partial charge in [-0.2, -0.15) is 0 Å². The number of benzene rings is 1. The third-order valence-corrected chi connectivity index (χ3v) is 5.62. The number of nitro groups is 1. The number of ether oxygens (including phenoxy) is 1. The maximum absolute atomic E-state index is 12.5. The molecular formula is C19H24N4O5. The Kier molecular flexibility index (Phi) is 5.06. The standard InChI is InChI=1S/C19H24N4O5/c24-18(20-11-13-3-4-13)14-2-1-7-21(12-14)16-6-5-15(23(26)27)10-17(16)22-8-9-28-19(22)25/h5-6,10,13-14H,1-4,7-9,11-12H2,(H,20,24). The van der Waals surface area contributed by atoms with Crippen LogP contribution in [0.25, 0.3) is 0 Å². The van der Waals surface area contributed by atoms with Crippen molar-refractivity contribution in [3.63, 3.8) is 0 Å². The molecule has 2 amide bonds. The van der Waals surface area contributed by atoms with Crippen LogP contribution in [0.5, 0.6) is 0 Å². The van der Waals surface area contributed by atoms with Crippen LogP contribution in [0.4, 0.5) is 21.9 Å². The van der Waals surface area contributed by atoms with E-state index in [0.717, 1.165) is 31.6 Å². The van der Waals surface area contributed by atoms with Gasteiger partial charge in [-0.25, -0.2) is 4.79 Å². The summed E-state index contributed by atoms with van der Waals surface area (Å²) in [5.41, 5.74) is 1.12. The molecule has 2 saturated heterocycles. The van der Waals surface area contributed by atoms with E-state index in [1.54, 1.807) is 6.07 Å². The van der Waals surface area contributed by atoms with E-state index in [4.69, 9.17) is 4.74 Å². The summed E-state index contributed by atoms with van der Waals surface area (Å²) in [4.78, 5) is 38.8. The third-order valence-electron chi connectivity index (χ3n) is 5.62. The Morgan fingerprint density at radius 1 is 1.25 bits per heavy atom. The first-order valence-electron chi connectivity index (χ1n) is 9.78. The first kappa shape index (κ1) is 18.5. The predicted molar refractivity (Wildman–Crippen MR) is 102 cm³/mol. The Bertz CT molecular complexity index is 795. The Morgan fingerprint density at radius 2 is 2.07 bits per heavy atom. The Hall–Kier alpha value is -2.84. The van der Waals surface area contributed by atoms with Gasteiger partial charge in [0.05, 0.1) is 28.8 Å². The van der Waals surface area contributed by atoms with Crippen LogP contribution in [0.2, 0.25) is 0 Å². The second kappa shape index (κ2) is 7.65. The molecule has 1 N–H and O–H groups in total. The fourth-order valence-corrected chi connectivity index (χ4v) is 3.84. The molecule has 0 radical (unpaired) electrons. The molecule has 0 spiro atoms. The molecule has 1 aromatic rings. The lowest BCUT2D eigenvalue weighted by molar-refractivity contribution is -0.384. The molecular weight excluding hydrogens is 364 g/mol. The van der Waals surface area contributed by atoms with E-state index in [0.29, 0.717) is 24.7 Å². The van der Waals surface area contributed by atoms with Crippen molar-refractivity contribution >= 4 is 29.1 Å². The largest absolute Gasteiger partial charge is 0.447 e. The highest BCUT2D eigenvalue weighted by atomic mass is 16.6. The second-order valence-corrected chi connectivity index (χ2v) is 7.67. The van der Waals surface area contributed by atoms with Crippen molar-refractivity contribution in [1.82, 2.24) is 5.32 Å². The minimum atomic E-state index is -0.502. The van der Waals surface area contributed by atoms with Crippen LogP contribution in [0, 0.1) is 22.0 Å². The van der Waals surface area contributed by atoms with Gasteiger partial charge in [-0.3, -0.25) is 19.8 Å². The number of piperidine rings is 1. The molecule has 3 aliphatic rings. The van der Waals surface area contributed by atoms with Gasteiger partial charge in [0.15, 0.2) is 0 Å². The first-order chi connectivity index (χ1) is 13.5. The lowest BCUT2D eigenvalue weighted by Gasteiger charge is -2.35. The molecule has 4 rings (SSSR count). The molecule has 2 heterocycles. The minimum Gasteiger partial charge on any atom is -0.447 e. The maximum atomic E-state index is 12.5. The average Bonchev–Trinajstić information content (AvgIpc) is 3.44. The van der Waals surface area contributed by atoms with Crippen molar-refractivity contribution in [2.24, 2.45) is 11.8 Å². The number of hydrogen-bond donors (Lipinski definition) is 1. The number of carbonyl (C=O) groups excluding carboxylic acids is 2. The Morgan fingerprint density at radius 3 is 2.75 bits per heavy atom. The van der Waals surface area contributed by atoms with Gasteiger partial charge in [-0.1, -0.05) is 0 Å². The molecule has 0 aromatic heterocycles. The highest BCUT2D eigenvalue weighted by molar-refractivity contribution is 5.94. The van der Waals surface area contributed by atoms with Crippen molar-refractivity contribution in [2.75, 3.05) is 42.6 Å². The van der Waals surface area contributed by atoms with E-state index >= 15 is 0 Å². The minimum absolute atomic E-state index is 0.0700. The van der Waals surface area contributed by atoms with Crippen molar-refractivity contribution in [3.8, 4) is 0 Å². The van der Waals surface area contributed by atoms with Crippen LogP contribution in [0.1, 0.15) is 25.7 Å². The number of anilines is 2. The van der Waals surface area contributed by atoms with E-state index in [9.17, 15) is 19.7 Å². The van der Waals surface area contributed by atoms with Crippen LogP contribution in [0.3, 0.4) is 0 Å². The number of carbonyl (C=O) groups is 2. The molecule has 1 aromatic carbocycles. The molecule has 9 heteroatoms. The maximum Gasteiger partial charge on any atom is 0.414 e. The SMILES string of the molecule is O=C(NCC1CC1)C1CCCN(c2ccc([N+](=O)[O-])cc2N2CCOC2=O)C1. The van der Waals surface area contributed by atoms with Crippen molar-refractivity contribution < 1.29 is 19.2 Å². The van der Waals surface area contributed by atoms with E-state index in [-0.39, 0.29) is 24.1 Å². The van der Waals surface area contributed by atoms with Crippen LogP contribution < -0.4 is 15.1 Å². The quantitative estimate of drug-likeness (QED) is 0.592. The molecule has 28 heavy (non-hydrogen) atoms. The van der Waals surface area contributed by atoms with Gasteiger partial charge in [0, 0.05) is 31.8 Å². The number of hydrogen-bond acceptors (Lipinski definition) is 6. The fraction of sp³-hybridized carbons (Fsp3) is 0.579. The highest BCUT2D eigenvalue weighted by Gasteiger charge is 2.32. The summed E-state index contributed by atoms with van der Waals surface area (Å²) in [6.45, 7) is 2.63. The van der Waals surface area contributed by atoms with Gasteiger partial charge in [-0.15, -0.1) is 0 Å². The summed E-state index contributed by atoms with van der Waals surface area (Å²) < 4.78 is 5.02. The van der Waals surface area contributed by atoms with Gasteiger partial charge in [0.1, 0.15) is 6.61 Å². The number of amides is 2. The monoisotopic (exact) mass is 388 g/mol. The number of rotatable bonds is 6. The molecule has 0 bridgehead atoms. The van der Waals surface area contributed by atoms with Gasteiger partial charge in [0.25, 0.3) is 5.69 Å². The lowest BCUT2D eigenvalue weighted by Crippen LogP contribution is -2.44. The van der Waals surface area contributed by atoms with Crippen LogP contribution in [-0.4, -0.2) is 49.7 Å². The summed E-state index contributed by atoms with van der Waals surface area (Å²) >= 11 is 0. The lowest BCUT2D eigenvalue weighted by atomic mass is 9.96. The summed E-state index contributed by atoms with van der Waals surface area (Å²) in [5.74, 6) is 0.577. The average molecular weight is 388 g/mol. The summed E-state index contributed by atoms with van der Waals surface area (Å²) in [5, 5.41) is 14.3. The molecule has 1 unspecified atom stereocenters. The third kappa shape index (κ3) is 3.88. The molecule has 9 nitrogen and oxygen atoms in total. The molecule has 1 aliphatic carbocycles. The smallest absolute Gasteiger partial charge is 0.414 e. The summed E-state index contributed by atoms with van der Waals surface area (Å²) in [6.07, 6.45) is 3.55. The van der Waals surface area contributed by atoms with Crippen molar-refractivity contribution in [2.45, 2.75) is 25.7 Å². The normalized spacial score (nSPS) is 22.1. The second-order valence-electron chi connectivity index (χ2n) is 7.67. The molecule has 150 valence electrons. The topological polar surface area (TPSA) is 105 Å². The van der Waals surface area contributed by atoms with Crippen LogP contribution >= 0.6 is 0 Å². The number of nitrogens with one attached hydrogen (secondary N) is 1. The highest BCUT2D eigenvalue weighted by Crippen LogP contribution is 2.37. The van der Waals surface area contributed by atoms with Gasteiger partial charge in [-0.05, 0) is 37.7 Å². The Balaban J connectivity index is 1.55. The number of non-ortho nitro benzene ring substituents is 1. The molecule has 3 fully saturated rings. The van der Waals surface area contributed by atoms with E-state index in [1.807, 2.05) is 0 Å². The van der Waals surface area contributed by atoms with Crippen LogP contribution in [-0.2, 0) is 9.53 Å². The zero-order chi connectivity index (χ0) is 19.7. The molecule has 2 aliphatic heterocycles. The van der Waals surface area contributed by atoms with Gasteiger partial charge < -0.3 is 15.0 Å². The fourth-order valence-electron chi connectivity index (χ4n) is 3.84. The van der Waals surface area contributed by atoms with E-state index in [1.165, 1.54) is 29.9 Å². The number of cyclic esters (lactones) is 1. The van der Waals surface area contributed by atoms with E-state index < -0.39 is 11.0 Å². The predicted octanol–water partition coefficient (Wildman–Crippen LogP) is 2.29. The number of nitro benzene ring substituents is 1. The summed E-state index contributed by atoms with van der Waals surface area (Å²) in [7, 11) is 0. The van der Waals surface area contributed by atoms with Gasteiger partial charge >= 0.3 is 6.09 Å². The molecule has 1 saturated carbocycles. The Labute approximate surface area is 162 Å². The van der Waals surface area contributed by atoms with Crippen molar-refractivity contribution in [3.05, 3.63) is 28.3 Å². The van der Waals surface area contributed by atoms with Gasteiger partial charge in [0.2, 0.25) is 5.91 Å². The zero-order valence-corrected chi connectivity index (χ0v) is 15.6.